The van der Waals surface area contributed by atoms with Gasteiger partial charge in [-0.05, 0) is 51.0 Å². The number of carbonyl (C=O) groups is 2. The normalized spacial score (nSPS) is 16.1. The fourth-order valence-corrected chi connectivity index (χ4v) is 2.79. The predicted molar refractivity (Wildman–Crippen MR) is 86.0 cm³/mol. The molecule has 1 N–H and O–H groups in total. The van der Waals surface area contributed by atoms with Gasteiger partial charge in [0.1, 0.15) is 0 Å². The van der Waals surface area contributed by atoms with Crippen molar-refractivity contribution < 1.29 is 9.59 Å². The number of nitrogens with zero attached hydrogens (tertiary/aromatic N) is 1. The molecule has 0 saturated carbocycles. The summed E-state index contributed by atoms with van der Waals surface area (Å²) in [6, 6.07) is 7.56. The van der Waals surface area contributed by atoms with Crippen molar-refractivity contribution in [2.24, 2.45) is 5.92 Å². The number of hydrogen-bond acceptors (Lipinski definition) is 2. The van der Waals surface area contributed by atoms with Crippen molar-refractivity contribution in [2.75, 3.05) is 13.1 Å². The van der Waals surface area contributed by atoms with Gasteiger partial charge in [0, 0.05) is 35.1 Å². The summed E-state index contributed by atoms with van der Waals surface area (Å²) in [6.07, 6.45) is 1.47. The average Bonchev–Trinajstić information content (AvgIpc) is 2.47. The van der Waals surface area contributed by atoms with Crippen LogP contribution >= 0.6 is 15.9 Å². The fraction of sp³-hybridized carbons (Fsp3) is 0.500. The zero-order chi connectivity index (χ0) is 15.4. The standard InChI is InChI=1S/C16H21BrN2O2/c1-11(2)18-15(20)12-7-9-19(10-8-12)16(21)13-3-5-14(17)6-4-13/h3-6,11-12H,7-10H2,1-2H3,(H,18,20). The number of rotatable bonds is 3. The van der Waals surface area contributed by atoms with Crippen LogP contribution in [0.25, 0.3) is 0 Å². The van der Waals surface area contributed by atoms with Crippen molar-refractivity contribution in [3.8, 4) is 0 Å². The SMILES string of the molecule is CC(C)NC(=O)C1CCN(C(=O)c2ccc(Br)cc2)CC1. The first-order chi connectivity index (χ1) is 9.97. The number of likely N-dealkylation sites (tertiary alicyclic amines) is 1. The molecule has 114 valence electrons. The Morgan fingerprint density at radius 3 is 2.29 bits per heavy atom. The lowest BCUT2D eigenvalue weighted by molar-refractivity contribution is -0.126. The molecule has 2 amide bonds. The molecular weight excluding hydrogens is 332 g/mol. The van der Waals surface area contributed by atoms with Crippen LogP contribution in [-0.4, -0.2) is 35.8 Å². The van der Waals surface area contributed by atoms with E-state index in [9.17, 15) is 9.59 Å². The van der Waals surface area contributed by atoms with Crippen molar-refractivity contribution in [1.82, 2.24) is 10.2 Å². The summed E-state index contributed by atoms with van der Waals surface area (Å²) in [6.45, 7) is 5.21. The van der Waals surface area contributed by atoms with E-state index < -0.39 is 0 Å². The molecule has 21 heavy (non-hydrogen) atoms. The third-order valence-corrected chi connectivity index (χ3v) is 4.20. The Labute approximate surface area is 134 Å². The Kier molecular flexibility index (Phi) is 5.39. The monoisotopic (exact) mass is 352 g/mol. The predicted octanol–water partition coefficient (Wildman–Crippen LogP) is 2.83. The summed E-state index contributed by atoms with van der Waals surface area (Å²) in [4.78, 5) is 26.2. The van der Waals surface area contributed by atoms with Crippen LogP contribution in [0.3, 0.4) is 0 Å². The van der Waals surface area contributed by atoms with E-state index >= 15 is 0 Å². The summed E-state index contributed by atoms with van der Waals surface area (Å²) in [7, 11) is 0. The first-order valence-corrected chi connectivity index (χ1v) is 8.12. The zero-order valence-corrected chi connectivity index (χ0v) is 14.0. The molecule has 0 aromatic heterocycles. The summed E-state index contributed by atoms with van der Waals surface area (Å²) >= 11 is 3.36. The van der Waals surface area contributed by atoms with E-state index in [0.29, 0.717) is 18.7 Å². The van der Waals surface area contributed by atoms with Crippen LogP contribution in [0.4, 0.5) is 0 Å². The lowest BCUT2D eigenvalue weighted by atomic mass is 9.95. The zero-order valence-electron chi connectivity index (χ0n) is 12.4. The molecule has 1 aromatic carbocycles. The third-order valence-electron chi connectivity index (χ3n) is 3.68. The second-order valence-corrected chi connectivity index (χ2v) is 6.65. The first-order valence-electron chi connectivity index (χ1n) is 7.32. The number of halogens is 1. The minimum Gasteiger partial charge on any atom is -0.354 e. The number of nitrogens with one attached hydrogen (secondary N) is 1. The van der Waals surface area contributed by atoms with Gasteiger partial charge in [-0.3, -0.25) is 9.59 Å². The topological polar surface area (TPSA) is 49.4 Å². The van der Waals surface area contributed by atoms with Crippen LogP contribution in [0, 0.1) is 5.92 Å². The molecule has 0 spiro atoms. The lowest BCUT2D eigenvalue weighted by Crippen LogP contribution is -2.44. The number of piperidine rings is 1. The molecule has 0 radical (unpaired) electrons. The van der Waals surface area contributed by atoms with E-state index in [2.05, 4.69) is 21.2 Å². The summed E-state index contributed by atoms with van der Waals surface area (Å²) in [5, 5.41) is 2.95. The van der Waals surface area contributed by atoms with E-state index in [-0.39, 0.29) is 23.8 Å². The van der Waals surface area contributed by atoms with Crippen LogP contribution in [0.15, 0.2) is 28.7 Å². The molecule has 1 heterocycles. The van der Waals surface area contributed by atoms with E-state index in [1.54, 1.807) is 0 Å². The summed E-state index contributed by atoms with van der Waals surface area (Å²) < 4.78 is 0.961. The van der Waals surface area contributed by atoms with Crippen molar-refractivity contribution in [1.29, 1.82) is 0 Å². The Bertz CT molecular complexity index is 506. The minimum absolute atomic E-state index is 0.0290. The Morgan fingerprint density at radius 2 is 1.76 bits per heavy atom. The minimum atomic E-state index is 0.0290. The molecule has 5 heteroatoms. The molecule has 0 unspecified atom stereocenters. The van der Waals surface area contributed by atoms with Crippen LogP contribution in [0.5, 0.6) is 0 Å². The van der Waals surface area contributed by atoms with Crippen molar-refractivity contribution in [3.05, 3.63) is 34.3 Å². The van der Waals surface area contributed by atoms with Gasteiger partial charge in [-0.1, -0.05) is 15.9 Å². The highest BCUT2D eigenvalue weighted by atomic mass is 79.9. The summed E-state index contributed by atoms with van der Waals surface area (Å²) in [5.41, 5.74) is 0.697. The molecule has 0 atom stereocenters. The third kappa shape index (κ3) is 4.30. The maximum atomic E-state index is 12.4. The van der Waals surface area contributed by atoms with Gasteiger partial charge in [0.05, 0.1) is 0 Å². The maximum Gasteiger partial charge on any atom is 0.253 e. The molecule has 2 rings (SSSR count). The lowest BCUT2D eigenvalue weighted by Gasteiger charge is -2.31. The van der Waals surface area contributed by atoms with E-state index in [1.165, 1.54) is 0 Å². The van der Waals surface area contributed by atoms with Gasteiger partial charge in [0.25, 0.3) is 5.91 Å². The van der Waals surface area contributed by atoms with Gasteiger partial charge in [0.2, 0.25) is 5.91 Å². The van der Waals surface area contributed by atoms with Crippen molar-refractivity contribution in [2.45, 2.75) is 32.7 Å². The highest BCUT2D eigenvalue weighted by Crippen LogP contribution is 2.20. The van der Waals surface area contributed by atoms with E-state index in [1.807, 2.05) is 43.0 Å². The number of carbonyl (C=O) groups excluding carboxylic acids is 2. The Morgan fingerprint density at radius 1 is 1.19 bits per heavy atom. The van der Waals surface area contributed by atoms with Crippen LogP contribution < -0.4 is 5.32 Å². The highest BCUT2D eigenvalue weighted by molar-refractivity contribution is 9.10. The maximum absolute atomic E-state index is 12.4. The van der Waals surface area contributed by atoms with Crippen molar-refractivity contribution >= 4 is 27.7 Å². The van der Waals surface area contributed by atoms with Crippen LogP contribution in [-0.2, 0) is 4.79 Å². The Hall–Kier alpha value is -1.36. The summed E-state index contributed by atoms with van der Waals surface area (Å²) in [5.74, 6) is 0.187. The average molecular weight is 353 g/mol. The molecule has 1 fully saturated rings. The Balaban J connectivity index is 1.90. The highest BCUT2D eigenvalue weighted by Gasteiger charge is 2.27. The molecule has 1 aliphatic rings. The number of hydrogen-bond donors (Lipinski definition) is 1. The van der Waals surface area contributed by atoms with Gasteiger partial charge in [-0.25, -0.2) is 0 Å². The number of benzene rings is 1. The second-order valence-electron chi connectivity index (χ2n) is 5.74. The van der Waals surface area contributed by atoms with E-state index in [4.69, 9.17) is 0 Å². The molecule has 1 saturated heterocycles. The molecular formula is C16H21BrN2O2. The molecule has 4 nitrogen and oxygen atoms in total. The molecule has 1 aromatic rings. The van der Waals surface area contributed by atoms with Crippen LogP contribution in [0.1, 0.15) is 37.0 Å². The smallest absolute Gasteiger partial charge is 0.253 e. The van der Waals surface area contributed by atoms with Gasteiger partial charge in [0.15, 0.2) is 0 Å². The first kappa shape index (κ1) is 16.0. The molecule has 1 aliphatic heterocycles. The quantitative estimate of drug-likeness (QED) is 0.909. The van der Waals surface area contributed by atoms with Crippen LogP contribution in [0.2, 0.25) is 0 Å². The van der Waals surface area contributed by atoms with Gasteiger partial charge in [-0.15, -0.1) is 0 Å². The van der Waals surface area contributed by atoms with Gasteiger partial charge >= 0.3 is 0 Å². The van der Waals surface area contributed by atoms with Crippen molar-refractivity contribution in [3.63, 3.8) is 0 Å². The van der Waals surface area contributed by atoms with Gasteiger partial charge < -0.3 is 10.2 Å². The second kappa shape index (κ2) is 7.07. The van der Waals surface area contributed by atoms with E-state index in [0.717, 1.165) is 17.3 Å². The molecule has 0 aliphatic carbocycles. The van der Waals surface area contributed by atoms with Gasteiger partial charge in [-0.2, -0.15) is 0 Å². The fourth-order valence-electron chi connectivity index (χ4n) is 2.52. The largest absolute Gasteiger partial charge is 0.354 e. The molecule has 0 bridgehead atoms. The number of amides is 2.